The Balaban J connectivity index is 2.08. The molecule has 0 saturated carbocycles. The molecule has 0 spiro atoms. The topological polar surface area (TPSA) is 72.4 Å². The highest BCUT2D eigenvalue weighted by Crippen LogP contribution is 2.21. The molecule has 106 valence electrons. The van der Waals surface area contributed by atoms with Gasteiger partial charge < -0.3 is 4.74 Å². The molecule has 8 heteroatoms. The van der Waals surface area contributed by atoms with Gasteiger partial charge >= 0.3 is 0 Å². The van der Waals surface area contributed by atoms with Crippen LogP contribution in [0, 0.1) is 5.82 Å². The Labute approximate surface area is 111 Å². The van der Waals surface area contributed by atoms with Crippen LogP contribution in [-0.2, 0) is 16.4 Å². The van der Waals surface area contributed by atoms with Crippen LogP contribution in [0.5, 0.6) is 5.88 Å². The van der Waals surface area contributed by atoms with Gasteiger partial charge in [-0.3, -0.25) is 0 Å². The average molecular weight is 289 g/mol. The molecule has 6 nitrogen and oxygen atoms in total. The lowest BCUT2D eigenvalue weighted by Crippen LogP contribution is -2.30. The summed E-state index contributed by atoms with van der Waals surface area (Å²) in [4.78, 5) is 7.58. The van der Waals surface area contributed by atoms with E-state index in [2.05, 4.69) is 9.97 Å². The van der Waals surface area contributed by atoms with E-state index >= 15 is 0 Å². The van der Waals surface area contributed by atoms with E-state index in [0.29, 0.717) is 25.1 Å². The molecule has 1 aliphatic heterocycles. The number of hydrogen-bond donors (Lipinski definition) is 0. The lowest BCUT2D eigenvalue weighted by molar-refractivity contribution is 0.195. The Morgan fingerprint density at radius 1 is 1.53 bits per heavy atom. The number of hydrogen-bond acceptors (Lipinski definition) is 5. The molecular formula is C11H16FN3O3S. The first-order valence-corrected chi connectivity index (χ1v) is 7.87. The Hall–Kier alpha value is -1.28. The molecule has 19 heavy (non-hydrogen) atoms. The summed E-state index contributed by atoms with van der Waals surface area (Å²) in [5.74, 6) is -0.671. The number of rotatable bonds is 4. The Morgan fingerprint density at radius 2 is 2.26 bits per heavy atom. The number of aryl methyl sites for hydroxylation is 1. The standard InChI is InChI=1S/C11H16FN3O3S/c1-3-9-10(12)11(14-7-13-9)18-8-4-5-15(6-8)19(2,16)17/h7-8H,3-6H2,1-2H3/t8-/m1/s1. The molecule has 1 fully saturated rings. The first-order valence-electron chi connectivity index (χ1n) is 6.03. The molecule has 2 heterocycles. The Kier molecular flexibility index (Phi) is 4.00. The Morgan fingerprint density at radius 3 is 2.84 bits per heavy atom. The molecular weight excluding hydrogens is 273 g/mol. The zero-order valence-electron chi connectivity index (χ0n) is 10.8. The second-order valence-corrected chi connectivity index (χ2v) is 6.43. The van der Waals surface area contributed by atoms with Crippen molar-refractivity contribution in [1.29, 1.82) is 0 Å². The molecule has 0 unspecified atom stereocenters. The second-order valence-electron chi connectivity index (χ2n) is 4.44. The normalized spacial score (nSPS) is 20.7. The first-order chi connectivity index (χ1) is 8.91. The number of sulfonamides is 1. The molecule has 1 aromatic heterocycles. The van der Waals surface area contributed by atoms with Gasteiger partial charge in [0.2, 0.25) is 15.8 Å². The predicted octanol–water partition coefficient (Wildman–Crippen LogP) is 0.591. The van der Waals surface area contributed by atoms with Crippen molar-refractivity contribution in [3.63, 3.8) is 0 Å². The average Bonchev–Trinajstić information content (AvgIpc) is 2.80. The summed E-state index contributed by atoms with van der Waals surface area (Å²) in [5, 5.41) is 0. The van der Waals surface area contributed by atoms with Gasteiger partial charge in [0.15, 0.2) is 0 Å². The van der Waals surface area contributed by atoms with E-state index in [4.69, 9.17) is 4.74 Å². The zero-order valence-corrected chi connectivity index (χ0v) is 11.7. The van der Waals surface area contributed by atoms with Crippen molar-refractivity contribution in [3.05, 3.63) is 17.8 Å². The molecule has 1 aromatic rings. The van der Waals surface area contributed by atoms with Crippen LogP contribution < -0.4 is 4.74 Å². The van der Waals surface area contributed by atoms with E-state index in [9.17, 15) is 12.8 Å². The van der Waals surface area contributed by atoms with Gasteiger partial charge in [-0.25, -0.2) is 13.4 Å². The number of aromatic nitrogens is 2. The summed E-state index contributed by atoms with van der Waals surface area (Å²) in [6.07, 6.45) is 3.00. The van der Waals surface area contributed by atoms with Gasteiger partial charge in [-0.05, 0) is 12.8 Å². The van der Waals surface area contributed by atoms with Crippen molar-refractivity contribution in [3.8, 4) is 5.88 Å². The summed E-state index contributed by atoms with van der Waals surface area (Å²) in [5.41, 5.74) is 0.294. The van der Waals surface area contributed by atoms with Crippen LogP contribution in [0.2, 0.25) is 0 Å². The van der Waals surface area contributed by atoms with E-state index in [1.54, 1.807) is 6.92 Å². The van der Waals surface area contributed by atoms with Crippen LogP contribution in [0.15, 0.2) is 6.33 Å². The third-order valence-corrected chi connectivity index (χ3v) is 4.29. The number of halogens is 1. The van der Waals surface area contributed by atoms with Crippen LogP contribution >= 0.6 is 0 Å². The molecule has 0 radical (unpaired) electrons. The number of nitrogens with zero attached hydrogens (tertiary/aromatic N) is 3. The molecule has 0 bridgehead atoms. The van der Waals surface area contributed by atoms with Crippen molar-refractivity contribution < 1.29 is 17.5 Å². The van der Waals surface area contributed by atoms with Gasteiger partial charge in [-0.15, -0.1) is 0 Å². The summed E-state index contributed by atoms with van der Waals surface area (Å²) >= 11 is 0. The molecule has 0 amide bonds. The van der Waals surface area contributed by atoms with Gasteiger partial charge in [-0.1, -0.05) is 6.92 Å². The summed E-state index contributed by atoms with van der Waals surface area (Å²) in [6.45, 7) is 2.40. The van der Waals surface area contributed by atoms with Crippen LogP contribution in [0.1, 0.15) is 19.0 Å². The highest BCUT2D eigenvalue weighted by atomic mass is 32.2. The van der Waals surface area contributed by atoms with Gasteiger partial charge in [0.05, 0.1) is 18.5 Å². The minimum absolute atomic E-state index is 0.104. The van der Waals surface area contributed by atoms with Crippen molar-refractivity contribution in [2.24, 2.45) is 0 Å². The fraction of sp³-hybridized carbons (Fsp3) is 0.636. The van der Waals surface area contributed by atoms with Gasteiger partial charge in [0.25, 0.3) is 5.88 Å². The van der Waals surface area contributed by atoms with E-state index in [-0.39, 0.29) is 18.5 Å². The lowest BCUT2D eigenvalue weighted by atomic mass is 10.3. The van der Waals surface area contributed by atoms with E-state index in [1.165, 1.54) is 10.6 Å². The second kappa shape index (κ2) is 5.38. The van der Waals surface area contributed by atoms with Crippen LogP contribution in [0.25, 0.3) is 0 Å². The van der Waals surface area contributed by atoms with Crippen molar-refractivity contribution in [2.45, 2.75) is 25.9 Å². The van der Waals surface area contributed by atoms with Gasteiger partial charge in [0.1, 0.15) is 12.4 Å². The van der Waals surface area contributed by atoms with Crippen molar-refractivity contribution >= 4 is 10.0 Å². The molecule has 1 aliphatic rings. The van der Waals surface area contributed by atoms with Crippen molar-refractivity contribution in [1.82, 2.24) is 14.3 Å². The molecule has 2 rings (SSSR count). The SMILES string of the molecule is CCc1ncnc(O[C@@H]2CCN(S(C)(=O)=O)C2)c1F. The van der Waals surface area contributed by atoms with Gasteiger partial charge in [-0.2, -0.15) is 13.7 Å². The monoisotopic (exact) mass is 289 g/mol. The third kappa shape index (κ3) is 3.19. The van der Waals surface area contributed by atoms with Crippen molar-refractivity contribution in [2.75, 3.05) is 19.3 Å². The molecule has 0 aromatic carbocycles. The highest BCUT2D eigenvalue weighted by Gasteiger charge is 2.30. The molecule has 0 aliphatic carbocycles. The Bertz CT molecular complexity index is 564. The number of ether oxygens (including phenoxy) is 1. The smallest absolute Gasteiger partial charge is 0.254 e. The minimum Gasteiger partial charge on any atom is -0.471 e. The van der Waals surface area contributed by atoms with E-state index in [0.717, 1.165) is 6.26 Å². The maximum Gasteiger partial charge on any atom is 0.254 e. The van der Waals surface area contributed by atoms with Gasteiger partial charge in [0, 0.05) is 6.54 Å². The fourth-order valence-electron chi connectivity index (χ4n) is 1.97. The lowest BCUT2D eigenvalue weighted by Gasteiger charge is -2.15. The first kappa shape index (κ1) is 14.1. The quantitative estimate of drug-likeness (QED) is 0.811. The predicted molar refractivity (Wildman–Crippen MR) is 66.8 cm³/mol. The largest absolute Gasteiger partial charge is 0.471 e. The summed E-state index contributed by atoms with van der Waals surface area (Å²) < 4.78 is 43.4. The van der Waals surface area contributed by atoms with Crippen LogP contribution in [0.3, 0.4) is 0 Å². The molecule has 0 N–H and O–H groups in total. The summed E-state index contributed by atoms with van der Waals surface area (Å²) in [6, 6.07) is 0. The highest BCUT2D eigenvalue weighted by molar-refractivity contribution is 7.88. The maximum atomic E-state index is 13.9. The fourth-order valence-corrected chi connectivity index (χ4v) is 2.84. The molecule has 1 atom stereocenters. The van der Waals surface area contributed by atoms with Crippen LogP contribution in [0.4, 0.5) is 4.39 Å². The minimum atomic E-state index is -3.22. The third-order valence-electron chi connectivity index (χ3n) is 3.02. The molecule has 1 saturated heterocycles. The maximum absolute atomic E-state index is 13.9. The summed E-state index contributed by atoms with van der Waals surface area (Å²) in [7, 11) is -3.22. The van der Waals surface area contributed by atoms with Crippen LogP contribution in [-0.4, -0.2) is 48.1 Å². The van der Waals surface area contributed by atoms with E-state index < -0.39 is 15.8 Å². The zero-order chi connectivity index (χ0) is 14.0. The van der Waals surface area contributed by atoms with E-state index in [1.807, 2.05) is 0 Å².